The largest absolute Gasteiger partial charge is 1.00 e. The van der Waals surface area contributed by atoms with E-state index in [1.54, 1.807) is 11.8 Å². The minimum absolute atomic E-state index is 0. The Bertz CT molecular complexity index is 50.5. The molecule has 0 amide bonds. The summed E-state index contributed by atoms with van der Waals surface area (Å²) < 4.78 is 0. The fourth-order valence-corrected chi connectivity index (χ4v) is 2.17. The average Bonchev–Trinajstić information content (AvgIpc) is 1.69. The van der Waals surface area contributed by atoms with Crippen molar-refractivity contribution in [1.82, 2.24) is 0 Å². The Morgan fingerprint density at radius 3 is 2.38 bits per heavy atom. The van der Waals surface area contributed by atoms with Gasteiger partial charge in [0.25, 0.3) is 0 Å². The normalized spacial score (nSPS) is 28.9. The lowest BCUT2D eigenvalue weighted by Gasteiger charge is -2.07. The van der Waals surface area contributed by atoms with Crippen molar-refractivity contribution in [2.24, 2.45) is 0 Å². The fourth-order valence-electron chi connectivity index (χ4n) is 0.955. The molecular formula is C6H13IS. The summed E-state index contributed by atoms with van der Waals surface area (Å²) >= 11 is 1.70. The molecule has 2 heteroatoms. The lowest BCUT2D eigenvalue weighted by Crippen LogP contribution is -3.00. The molecule has 0 bridgehead atoms. The topological polar surface area (TPSA) is 0 Å². The van der Waals surface area contributed by atoms with Gasteiger partial charge in [-0.1, -0.05) is 0 Å². The van der Waals surface area contributed by atoms with Gasteiger partial charge in [-0.2, -0.15) is 0 Å². The molecule has 1 fully saturated rings. The third-order valence-corrected chi connectivity index (χ3v) is 2.93. The monoisotopic (exact) mass is 244 g/mol. The highest BCUT2D eigenvalue weighted by molar-refractivity contribution is 7.79. The number of halogens is 1. The van der Waals surface area contributed by atoms with Crippen LogP contribution < -0.4 is 24.0 Å². The van der Waals surface area contributed by atoms with E-state index in [1.807, 2.05) is 0 Å². The average molecular weight is 244 g/mol. The second-order valence-electron chi connectivity index (χ2n) is 2.25. The Balaban J connectivity index is 0.000000490. The Kier molecular flexibility index (Phi) is 5.58. The van der Waals surface area contributed by atoms with Crippen LogP contribution in [0.25, 0.3) is 0 Å². The molecule has 1 heterocycles. The lowest BCUT2D eigenvalue weighted by molar-refractivity contribution is -0.00000150. The van der Waals surface area contributed by atoms with E-state index in [2.05, 4.69) is 6.92 Å². The van der Waals surface area contributed by atoms with Crippen molar-refractivity contribution in [3.8, 4) is 0 Å². The number of rotatable bonds is 0. The third-order valence-electron chi connectivity index (χ3n) is 1.47. The molecule has 50 valence electrons. The first-order valence-electron chi connectivity index (χ1n) is 3.06. The zero-order valence-corrected chi connectivity index (χ0v) is 8.28. The zero-order valence-electron chi connectivity index (χ0n) is 5.23. The molecule has 1 aliphatic rings. The van der Waals surface area contributed by atoms with Gasteiger partial charge in [-0.05, 0) is 37.9 Å². The number of hydrogen-bond donors (Lipinski definition) is 0. The first-order valence-corrected chi connectivity index (χ1v) is 4.21. The predicted molar refractivity (Wildman–Crippen MR) is 36.9 cm³/mol. The molecule has 0 N–H and O–H groups in total. The maximum atomic E-state index is 2.35. The summed E-state index contributed by atoms with van der Waals surface area (Å²) in [5.41, 5.74) is 0. The summed E-state index contributed by atoms with van der Waals surface area (Å²) in [7, 11) is 0. The predicted octanol–water partition coefficient (Wildman–Crippen LogP) is -1.62. The van der Waals surface area contributed by atoms with E-state index in [1.165, 1.54) is 25.0 Å². The minimum atomic E-state index is 0. The highest BCUT2D eigenvalue weighted by Gasteiger charge is 2.14. The van der Waals surface area contributed by atoms with Crippen molar-refractivity contribution >= 4 is 11.8 Å². The summed E-state index contributed by atoms with van der Waals surface area (Å²) in [6, 6.07) is 0. The van der Waals surface area contributed by atoms with Crippen LogP contribution in [0.4, 0.5) is 0 Å². The lowest BCUT2D eigenvalue weighted by atomic mass is 10.2. The number of hydrogen-bond acceptors (Lipinski definition) is 0. The first kappa shape index (κ1) is 9.08. The van der Waals surface area contributed by atoms with E-state index in [9.17, 15) is 0 Å². The van der Waals surface area contributed by atoms with Crippen LogP contribution in [0.5, 0.6) is 0 Å². The van der Waals surface area contributed by atoms with Crippen molar-refractivity contribution < 1.29 is 24.0 Å². The van der Waals surface area contributed by atoms with Crippen LogP contribution in [-0.2, 0) is 11.8 Å². The van der Waals surface area contributed by atoms with Crippen LogP contribution in [0.2, 0.25) is 0 Å². The molecule has 1 saturated heterocycles. The SMILES string of the molecule is CC1CCCC[SH+]1.[I-]. The Morgan fingerprint density at radius 2 is 2.12 bits per heavy atom. The van der Waals surface area contributed by atoms with Crippen molar-refractivity contribution in [2.45, 2.75) is 31.4 Å². The summed E-state index contributed by atoms with van der Waals surface area (Å²) in [5.74, 6) is 1.46. The molecule has 0 aromatic heterocycles. The fraction of sp³-hybridized carbons (Fsp3) is 1.00. The Hall–Kier alpha value is 1.08. The van der Waals surface area contributed by atoms with E-state index in [4.69, 9.17) is 0 Å². The van der Waals surface area contributed by atoms with Gasteiger partial charge in [-0.15, -0.1) is 0 Å². The van der Waals surface area contributed by atoms with Crippen LogP contribution in [0, 0.1) is 0 Å². The van der Waals surface area contributed by atoms with Gasteiger partial charge < -0.3 is 24.0 Å². The second kappa shape index (κ2) is 4.91. The molecule has 0 nitrogen and oxygen atoms in total. The van der Waals surface area contributed by atoms with E-state index in [0.717, 1.165) is 5.25 Å². The molecule has 0 aromatic carbocycles. The molecule has 0 spiro atoms. The molecular weight excluding hydrogens is 231 g/mol. The second-order valence-corrected chi connectivity index (χ2v) is 3.94. The van der Waals surface area contributed by atoms with Crippen molar-refractivity contribution in [1.29, 1.82) is 0 Å². The molecule has 1 atom stereocenters. The van der Waals surface area contributed by atoms with Gasteiger partial charge in [-0.25, -0.2) is 0 Å². The first-order chi connectivity index (χ1) is 3.39. The Morgan fingerprint density at radius 1 is 1.38 bits per heavy atom. The highest BCUT2D eigenvalue weighted by Crippen LogP contribution is 2.11. The van der Waals surface area contributed by atoms with Gasteiger partial charge in [0, 0.05) is 0 Å². The molecule has 1 aliphatic heterocycles. The van der Waals surface area contributed by atoms with E-state index in [-0.39, 0.29) is 24.0 Å². The molecule has 0 aliphatic carbocycles. The van der Waals surface area contributed by atoms with E-state index < -0.39 is 0 Å². The van der Waals surface area contributed by atoms with Crippen molar-refractivity contribution in [2.75, 3.05) is 5.75 Å². The summed E-state index contributed by atoms with van der Waals surface area (Å²) in [6.07, 6.45) is 4.43. The Labute approximate surface area is 72.8 Å². The molecule has 1 rings (SSSR count). The van der Waals surface area contributed by atoms with Crippen LogP contribution >= 0.6 is 0 Å². The maximum Gasteiger partial charge on any atom is 0.113 e. The van der Waals surface area contributed by atoms with Gasteiger partial charge in [0.2, 0.25) is 0 Å². The van der Waals surface area contributed by atoms with Gasteiger partial charge in [0.05, 0.1) is 0 Å². The van der Waals surface area contributed by atoms with Gasteiger partial charge in [0.15, 0.2) is 0 Å². The summed E-state index contributed by atoms with van der Waals surface area (Å²) in [6.45, 7) is 2.35. The van der Waals surface area contributed by atoms with Crippen LogP contribution in [0.1, 0.15) is 26.2 Å². The standard InChI is InChI=1S/C6H12S.HI/c1-6-4-2-3-5-7-6;/h6H,2-5H2,1H3;1H. The van der Waals surface area contributed by atoms with E-state index in [0.29, 0.717) is 0 Å². The van der Waals surface area contributed by atoms with Crippen LogP contribution in [0.15, 0.2) is 0 Å². The highest BCUT2D eigenvalue weighted by atomic mass is 127. The summed E-state index contributed by atoms with van der Waals surface area (Å²) in [5, 5.41) is 1.01. The molecule has 1 unspecified atom stereocenters. The minimum Gasteiger partial charge on any atom is -1.00 e. The van der Waals surface area contributed by atoms with Crippen LogP contribution in [0.3, 0.4) is 0 Å². The van der Waals surface area contributed by atoms with E-state index >= 15 is 0 Å². The van der Waals surface area contributed by atoms with Gasteiger partial charge in [-0.3, -0.25) is 0 Å². The quantitative estimate of drug-likeness (QED) is 0.273. The smallest absolute Gasteiger partial charge is 0.113 e. The third kappa shape index (κ3) is 3.17. The molecule has 0 radical (unpaired) electrons. The molecule has 8 heavy (non-hydrogen) atoms. The summed E-state index contributed by atoms with van der Waals surface area (Å²) in [4.78, 5) is 0. The zero-order chi connectivity index (χ0) is 5.11. The van der Waals surface area contributed by atoms with Crippen LogP contribution in [-0.4, -0.2) is 11.0 Å². The molecule has 0 aromatic rings. The maximum absolute atomic E-state index is 2.35. The molecule has 0 saturated carbocycles. The number of thiol groups is 1. The van der Waals surface area contributed by atoms with Gasteiger partial charge in [0.1, 0.15) is 11.0 Å². The van der Waals surface area contributed by atoms with Crippen molar-refractivity contribution in [3.05, 3.63) is 0 Å². The van der Waals surface area contributed by atoms with Gasteiger partial charge >= 0.3 is 0 Å². The van der Waals surface area contributed by atoms with Crippen molar-refractivity contribution in [3.63, 3.8) is 0 Å².